The molecule has 5 nitrogen and oxygen atoms in total. The minimum Gasteiger partial charge on any atom is -0.395 e. The Balaban J connectivity index is 1.79. The lowest BCUT2D eigenvalue weighted by Gasteiger charge is -2.37. The minimum atomic E-state index is 0.210. The predicted octanol–water partition coefficient (Wildman–Crippen LogP) is 1.53. The molecule has 22 heavy (non-hydrogen) atoms. The molecule has 0 atom stereocenters. The summed E-state index contributed by atoms with van der Waals surface area (Å²) in [5.41, 5.74) is 3.43. The molecule has 1 aliphatic heterocycles. The Morgan fingerprint density at radius 3 is 2.86 bits per heavy atom. The Labute approximate surface area is 132 Å². The quantitative estimate of drug-likeness (QED) is 0.910. The van der Waals surface area contributed by atoms with Gasteiger partial charge in [0.2, 0.25) is 0 Å². The van der Waals surface area contributed by atoms with E-state index in [0.717, 1.165) is 31.8 Å². The number of imidazole rings is 1. The van der Waals surface area contributed by atoms with Crippen molar-refractivity contribution in [2.24, 2.45) is 0 Å². The number of aliphatic hydroxyl groups is 1. The first-order valence-electron chi connectivity index (χ1n) is 8.14. The van der Waals surface area contributed by atoms with E-state index in [9.17, 15) is 5.11 Å². The molecule has 5 heteroatoms. The molecule has 0 bridgehead atoms. The lowest BCUT2D eigenvalue weighted by atomic mass is 10.0. The molecule has 0 saturated carbocycles. The topological polar surface area (TPSA) is 44.0 Å². The summed E-state index contributed by atoms with van der Waals surface area (Å²) in [4.78, 5) is 9.35. The molecule has 2 aromatic rings. The number of aliphatic hydroxyl groups excluding tert-OH is 1. The van der Waals surface area contributed by atoms with Crippen molar-refractivity contribution in [1.29, 1.82) is 0 Å². The van der Waals surface area contributed by atoms with Crippen LogP contribution in [0.5, 0.6) is 0 Å². The number of hydrogen-bond acceptors (Lipinski definition) is 4. The van der Waals surface area contributed by atoms with Crippen molar-refractivity contribution in [2.75, 3.05) is 33.3 Å². The molecule has 1 fully saturated rings. The Morgan fingerprint density at radius 2 is 2.14 bits per heavy atom. The Hall–Kier alpha value is -1.43. The van der Waals surface area contributed by atoms with E-state index in [0.29, 0.717) is 6.04 Å². The molecule has 0 aliphatic carbocycles. The van der Waals surface area contributed by atoms with Gasteiger partial charge in [0.15, 0.2) is 0 Å². The van der Waals surface area contributed by atoms with Crippen LogP contribution in [0, 0.1) is 6.92 Å². The molecule has 0 amide bonds. The number of pyridine rings is 1. The highest BCUT2D eigenvalue weighted by molar-refractivity contribution is 5.48. The molecule has 0 radical (unpaired) electrons. The van der Waals surface area contributed by atoms with Gasteiger partial charge in [-0.3, -0.25) is 4.90 Å². The smallest absolute Gasteiger partial charge is 0.139 e. The van der Waals surface area contributed by atoms with Crippen LogP contribution in [0.1, 0.15) is 24.1 Å². The lowest BCUT2D eigenvalue weighted by Crippen LogP contribution is -2.44. The second-order valence-corrected chi connectivity index (χ2v) is 6.36. The van der Waals surface area contributed by atoms with E-state index in [2.05, 4.69) is 51.5 Å². The molecule has 0 unspecified atom stereocenters. The highest BCUT2D eigenvalue weighted by atomic mass is 16.3. The molecular weight excluding hydrogens is 276 g/mol. The fourth-order valence-electron chi connectivity index (χ4n) is 3.41. The van der Waals surface area contributed by atoms with Gasteiger partial charge in [0, 0.05) is 25.3 Å². The Bertz CT molecular complexity index is 616. The number of piperidine rings is 1. The van der Waals surface area contributed by atoms with Crippen LogP contribution in [0.25, 0.3) is 5.65 Å². The monoisotopic (exact) mass is 302 g/mol. The van der Waals surface area contributed by atoms with E-state index < -0.39 is 0 Å². The average Bonchev–Trinajstić information content (AvgIpc) is 2.92. The van der Waals surface area contributed by atoms with E-state index >= 15 is 0 Å². The molecule has 120 valence electrons. The summed E-state index contributed by atoms with van der Waals surface area (Å²) in [5.74, 6) is 0. The normalized spacial score (nSPS) is 17.6. The molecule has 1 N–H and O–H groups in total. The second kappa shape index (κ2) is 6.77. The molecule has 3 rings (SSSR count). The molecule has 0 aromatic carbocycles. The summed E-state index contributed by atoms with van der Waals surface area (Å²) in [6.07, 6.45) is 6.40. The summed E-state index contributed by atoms with van der Waals surface area (Å²) in [7, 11) is 2.18. The summed E-state index contributed by atoms with van der Waals surface area (Å²) in [6.45, 7) is 6.15. The second-order valence-electron chi connectivity index (χ2n) is 6.36. The molecule has 0 spiro atoms. The van der Waals surface area contributed by atoms with Crippen LogP contribution in [0.3, 0.4) is 0 Å². The van der Waals surface area contributed by atoms with Crippen molar-refractivity contribution in [3.8, 4) is 0 Å². The van der Waals surface area contributed by atoms with Crippen LogP contribution in [-0.4, -0.2) is 63.6 Å². The van der Waals surface area contributed by atoms with Crippen molar-refractivity contribution < 1.29 is 5.11 Å². The SMILES string of the molecule is Cc1cccn2c(CN(CCO)C3CCN(C)CC3)cnc12. The highest BCUT2D eigenvalue weighted by Gasteiger charge is 2.23. The van der Waals surface area contributed by atoms with Gasteiger partial charge in [-0.15, -0.1) is 0 Å². The van der Waals surface area contributed by atoms with Crippen molar-refractivity contribution in [2.45, 2.75) is 32.4 Å². The van der Waals surface area contributed by atoms with Crippen molar-refractivity contribution in [3.05, 3.63) is 35.8 Å². The van der Waals surface area contributed by atoms with E-state index in [1.807, 2.05) is 6.20 Å². The van der Waals surface area contributed by atoms with Gasteiger partial charge in [0.1, 0.15) is 5.65 Å². The maximum atomic E-state index is 9.43. The predicted molar refractivity (Wildman–Crippen MR) is 87.9 cm³/mol. The number of likely N-dealkylation sites (tertiary alicyclic amines) is 1. The van der Waals surface area contributed by atoms with E-state index in [-0.39, 0.29) is 6.61 Å². The van der Waals surface area contributed by atoms with Gasteiger partial charge in [-0.1, -0.05) is 6.07 Å². The van der Waals surface area contributed by atoms with Crippen molar-refractivity contribution in [1.82, 2.24) is 19.2 Å². The Morgan fingerprint density at radius 1 is 1.36 bits per heavy atom. The van der Waals surface area contributed by atoms with Crippen molar-refractivity contribution in [3.63, 3.8) is 0 Å². The van der Waals surface area contributed by atoms with E-state index in [1.165, 1.54) is 24.1 Å². The van der Waals surface area contributed by atoms with Crippen LogP contribution >= 0.6 is 0 Å². The standard InChI is InChI=1S/C17H26N4O/c1-14-4-3-7-21-16(12-18-17(14)21)13-20(10-11-22)15-5-8-19(2)9-6-15/h3-4,7,12,15,22H,5-6,8-11,13H2,1-2H3. The largest absolute Gasteiger partial charge is 0.395 e. The van der Waals surface area contributed by atoms with Crippen LogP contribution in [0.15, 0.2) is 24.5 Å². The van der Waals surface area contributed by atoms with Gasteiger partial charge in [-0.2, -0.15) is 0 Å². The number of rotatable bonds is 5. The van der Waals surface area contributed by atoms with Gasteiger partial charge < -0.3 is 14.4 Å². The summed E-state index contributed by atoms with van der Waals surface area (Å²) in [5, 5.41) is 9.43. The Kier molecular flexibility index (Phi) is 4.76. The number of aromatic nitrogens is 2. The highest BCUT2D eigenvalue weighted by Crippen LogP contribution is 2.19. The fraction of sp³-hybridized carbons (Fsp3) is 0.588. The molecule has 3 heterocycles. The molecule has 2 aromatic heterocycles. The van der Waals surface area contributed by atoms with Gasteiger partial charge in [-0.05, 0) is 51.5 Å². The van der Waals surface area contributed by atoms with Crippen molar-refractivity contribution >= 4 is 5.65 Å². The van der Waals surface area contributed by atoms with E-state index in [1.54, 1.807) is 0 Å². The molecule has 1 aliphatic rings. The van der Waals surface area contributed by atoms with Crippen LogP contribution in [0.2, 0.25) is 0 Å². The van der Waals surface area contributed by atoms with Gasteiger partial charge in [0.25, 0.3) is 0 Å². The van der Waals surface area contributed by atoms with Crippen LogP contribution in [-0.2, 0) is 6.54 Å². The first kappa shape index (κ1) is 15.5. The number of aryl methyl sites for hydroxylation is 1. The number of nitrogens with zero attached hydrogens (tertiary/aromatic N) is 4. The molecule has 1 saturated heterocycles. The van der Waals surface area contributed by atoms with Gasteiger partial charge in [-0.25, -0.2) is 4.98 Å². The fourth-order valence-corrected chi connectivity index (χ4v) is 3.41. The zero-order valence-electron chi connectivity index (χ0n) is 13.6. The molecular formula is C17H26N4O. The summed E-state index contributed by atoms with van der Waals surface area (Å²) >= 11 is 0. The first-order valence-corrected chi connectivity index (χ1v) is 8.14. The van der Waals surface area contributed by atoms with E-state index in [4.69, 9.17) is 0 Å². The minimum absolute atomic E-state index is 0.210. The maximum absolute atomic E-state index is 9.43. The summed E-state index contributed by atoms with van der Waals surface area (Å²) in [6, 6.07) is 4.72. The van der Waals surface area contributed by atoms with Gasteiger partial charge >= 0.3 is 0 Å². The number of hydrogen-bond donors (Lipinski definition) is 1. The van der Waals surface area contributed by atoms with Crippen LogP contribution in [0.4, 0.5) is 0 Å². The van der Waals surface area contributed by atoms with Gasteiger partial charge in [0.05, 0.1) is 18.5 Å². The van der Waals surface area contributed by atoms with Crippen LogP contribution < -0.4 is 0 Å². The first-order chi connectivity index (χ1) is 10.7. The third-order valence-electron chi connectivity index (χ3n) is 4.76. The zero-order valence-corrected chi connectivity index (χ0v) is 13.6. The third kappa shape index (κ3) is 3.16. The summed E-state index contributed by atoms with van der Waals surface area (Å²) < 4.78 is 2.18. The maximum Gasteiger partial charge on any atom is 0.139 e. The average molecular weight is 302 g/mol. The lowest BCUT2D eigenvalue weighted by molar-refractivity contribution is 0.0929. The zero-order chi connectivity index (χ0) is 15.5. The number of fused-ring (bicyclic) bond motifs is 1. The third-order valence-corrected chi connectivity index (χ3v) is 4.76.